The minimum absolute atomic E-state index is 0. The molecule has 0 aromatic heterocycles. The number of halogens is 1. The monoisotopic (exact) mass is 529 g/mol. The van der Waals surface area contributed by atoms with Crippen molar-refractivity contribution >= 4 is 39.8 Å². The van der Waals surface area contributed by atoms with Gasteiger partial charge in [0.25, 0.3) is 0 Å². The Morgan fingerprint density at radius 2 is 1.93 bits per heavy atom. The minimum atomic E-state index is -2.86. The molecule has 0 spiro atoms. The first-order chi connectivity index (χ1) is 13.4. The highest BCUT2D eigenvalue weighted by molar-refractivity contribution is 14.0. The van der Waals surface area contributed by atoms with E-state index in [1.165, 1.54) is 0 Å². The number of sulfone groups is 1. The summed E-state index contributed by atoms with van der Waals surface area (Å²) in [5, 5.41) is 6.52. The van der Waals surface area contributed by atoms with Crippen LogP contribution in [-0.2, 0) is 16.4 Å². The molecule has 0 aliphatic carbocycles. The first-order valence-electron chi connectivity index (χ1n) is 9.42. The highest BCUT2D eigenvalue weighted by atomic mass is 127. The summed E-state index contributed by atoms with van der Waals surface area (Å²) in [6.45, 7) is 3.18. The van der Waals surface area contributed by atoms with Crippen molar-refractivity contribution in [2.45, 2.75) is 19.9 Å². The normalized spacial score (nSPS) is 18.0. The van der Waals surface area contributed by atoms with Crippen LogP contribution in [-0.4, -0.2) is 39.5 Å². The van der Waals surface area contributed by atoms with Crippen molar-refractivity contribution in [3.05, 3.63) is 59.7 Å². The molecule has 29 heavy (non-hydrogen) atoms. The number of benzene rings is 2. The van der Waals surface area contributed by atoms with Crippen LogP contribution in [0, 0.1) is 12.8 Å². The zero-order chi connectivity index (χ0) is 20.0. The number of para-hydroxylation sites is 1. The summed E-state index contributed by atoms with van der Waals surface area (Å²) in [6, 6.07) is 15.8. The maximum atomic E-state index is 11.6. The van der Waals surface area contributed by atoms with Crippen LogP contribution in [0.15, 0.2) is 53.5 Å². The molecule has 2 N–H and O–H groups in total. The number of aryl methyl sites for hydroxylation is 1. The van der Waals surface area contributed by atoms with Crippen molar-refractivity contribution in [3.8, 4) is 11.5 Å². The number of aliphatic imine (C=N–C) groups is 1. The highest BCUT2D eigenvalue weighted by Crippen LogP contribution is 2.26. The fraction of sp³-hybridized carbons (Fsp3) is 0.381. The zero-order valence-electron chi connectivity index (χ0n) is 16.7. The van der Waals surface area contributed by atoms with Gasteiger partial charge in [0, 0.05) is 25.7 Å². The van der Waals surface area contributed by atoms with E-state index in [0.717, 1.165) is 22.6 Å². The predicted octanol–water partition coefficient (Wildman–Crippen LogP) is 3.51. The van der Waals surface area contributed by atoms with Crippen LogP contribution >= 0.6 is 24.0 Å². The lowest BCUT2D eigenvalue weighted by molar-refractivity contribution is 0.474. The van der Waals surface area contributed by atoms with Gasteiger partial charge in [0.1, 0.15) is 11.5 Å². The molecule has 158 valence electrons. The van der Waals surface area contributed by atoms with Gasteiger partial charge in [-0.1, -0.05) is 30.3 Å². The van der Waals surface area contributed by atoms with Crippen LogP contribution in [0.2, 0.25) is 0 Å². The summed E-state index contributed by atoms with van der Waals surface area (Å²) in [5.41, 5.74) is 2.14. The number of nitrogens with one attached hydrogen (secondary N) is 2. The molecule has 1 heterocycles. The molecular weight excluding hydrogens is 501 g/mol. The van der Waals surface area contributed by atoms with E-state index in [-0.39, 0.29) is 41.4 Å². The Kier molecular flexibility index (Phi) is 8.76. The second kappa shape index (κ2) is 10.8. The smallest absolute Gasteiger partial charge is 0.191 e. The Balaban J connectivity index is 0.00000300. The topological polar surface area (TPSA) is 79.8 Å². The number of rotatable bonds is 6. The Hall–Kier alpha value is -1.81. The molecule has 1 atom stereocenters. The first kappa shape index (κ1) is 23.5. The number of hydrogen-bond acceptors (Lipinski definition) is 4. The molecule has 1 saturated heterocycles. The third-order valence-corrected chi connectivity index (χ3v) is 6.59. The van der Waals surface area contributed by atoms with Gasteiger partial charge in [0.2, 0.25) is 0 Å². The molecule has 0 amide bonds. The van der Waals surface area contributed by atoms with Gasteiger partial charge in [-0.2, -0.15) is 0 Å². The maximum Gasteiger partial charge on any atom is 0.191 e. The summed E-state index contributed by atoms with van der Waals surface area (Å²) in [7, 11) is -1.16. The molecule has 6 nitrogen and oxygen atoms in total. The molecule has 2 aromatic carbocycles. The Morgan fingerprint density at radius 1 is 1.17 bits per heavy atom. The van der Waals surface area contributed by atoms with E-state index >= 15 is 0 Å². The van der Waals surface area contributed by atoms with E-state index in [2.05, 4.69) is 21.7 Å². The van der Waals surface area contributed by atoms with Gasteiger partial charge < -0.3 is 15.4 Å². The van der Waals surface area contributed by atoms with Crippen LogP contribution in [0.3, 0.4) is 0 Å². The van der Waals surface area contributed by atoms with Gasteiger partial charge in [0.05, 0.1) is 11.5 Å². The van der Waals surface area contributed by atoms with Crippen molar-refractivity contribution in [1.82, 2.24) is 10.6 Å². The van der Waals surface area contributed by atoms with Gasteiger partial charge in [0.15, 0.2) is 15.8 Å². The number of nitrogens with zero attached hydrogens (tertiary/aromatic N) is 1. The molecule has 0 radical (unpaired) electrons. The zero-order valence-corrected chi connectivity index (χ0v) is 19.9. The van der Waals surface area contributed by atoms with Crippen LogP contribution in [0.1, 0.15) is 17.5 Å². The summed E-state index contributed by atoms with van der Waals surface area (Å²) < 4.78 is 29.2. The summed E-state index contributed by atoms with van der Waals surface area (Å²) in [4.78, 5) is 4.24. The molecular formula is C21H28IN3O3S. The van der Waals surface area contributed by atoms with Crippen molar-refractivity contribution in [2.75, 3.05) is 25.1 Å². The molecule has 1 aliphatic heterocycles. The Bertz CT molecular complexity index is 933. The average Bonchev–Trinajstić information content (AvgIpc) is 3.03. The number of hydrogen-bond donors (Lipinski definition) is 2. The largest absolute Gasteiger partial charge is 0.457 e. The maximum absolute atomic E-state index is 11.6. The lowest BCUT2D eigenvalue weighted by atomic mass is 10.1. The first-order valence-corrected chi connectivity index (χ1v) is 11.2. The van der Waals surface area contributed by atoms with Crippen LogP contribution in [0.5, 0.6) is 11.5 Å². The number of guanidine groups is 1. The summed E-state index contributed by atoms with van der Waals surface area (Å²) in [6.07, 6.45) is 0.708. The third kappa shape index (κ3) is 7.18. The molecule has 1 fully saturated rings. The van der Waals surface area contributed by atoms with Crippen molar-refractivity contribution in [2.24, 2.45) is 10.9 Å². The van der Waals surface area contributed by atoms with E-state index in [1.54, 1.807) is 7.05 Å². The molecule has 0 saturated carbocycles. The van der Waals surface area contributed by atoms with E-state index in [1.807, 2.05) is 49.4 Å². The summed E-state index contributed by atoms with van der Waals surface area (Å²) >= 11 is 0. The Labute approximate surface area is 190 Å². The van der Waals surface area contributed by atoms with E-state index in [9.17, 15) is 8.42 Å². The lowest BCUT2D eigenvalue weighted by Crippen LogP contribution is -2.39. The van der Waals surface area contributed by atoms with Gasteiger partial charge in [-0.05, 0) is 43.0 Å². The highest BCUT2D eigenvalue weighted by Gasteiger charge is 2.27. The lowest BCUT2D eigenvalue weighted by Gasteiger charge is -2.16. The van der Waals surface area contributed by atoms with E-state index in [4.69, 9.17) is 4.74 Å². The molecule has 3 rings (SSSR count). The van der Waals surface area contributed by atoms with Crippen molar-refractivity contribution < 1.29 is 13.2 Å². The standard InChI is InChI=1S/C21H27N3O3S.HI/c1-16-8-9-18(20(12-16)27-19-6-4-3-5-7-19)14-24-21(22-2)23-13-17-10-11-28(25,26)15-17;/h3-9,12,17H,10-11,13-15H2,1-2H3,(H2,22,23,24);1H. The van der Waals surface area contributed by atoms with Gasteiger partial charge in [-0.3, -0.25) is 4.99 Å². The molecule has 2 aromatic rings. The molecule has 1 unspecified atom stereocenters. The van der Waals surface area contributed by atoms with E-state index < -0.39 is 9.84 Å². The van der Waals surface area contributed by atoms with Crippen LogP contribution < -0.4 is 15.4 Å². The SMILES string of the molecule is CN=C(NCc1ccc(C)cc1Oc1ccccc1)NCC1CCS(=O)(=O)C1.I. The van der Waals surface area contributed by atoms with E-state index in [0.29, 0.717) is 25.5 Å². The summed E-state index contributed by atoms with van der Waals surface area (Å²) in [5.74, 6) is 2.92. The fourth-order valence-corrected chi connectivity index (χ4v) is 5.05. The average molecular weight is 529 g/mol. The van der Waals surface area contributed by atoms with Gasteiger partial charge in [-0.25, -0.2) is 8.42 Å². The third-order valence-electron chi connectivity index (χ3n) is 4.75. The molecule has 0 bridgehead atoms. The molecule has 8 heteroatoms. The fourth-order valence-electron chi connectivity index (χ4n) is 3.19. The van der Waals surface area contributed by atoms with Crippen molar-refractivity contribution in [3.63, 3.8) is 0 Å². The van der Waals surface area contributed by atoms with Crippen LogP contribution in [0.25, 0.3) is 0 Å². The molecule has 1 aliphatic rings. The quantitative estimate of drug-likeness (QED) is 0.340. The van der Waals surface area contributed by atoms with Crippen LogP contribution in [0.4, 0.5) is 0 Å². The predicted molar refractivity (Wildman–Crippen MR) is 128 cm³/mol. The minimum Gasteiger partial charge on any atom is -0.457 e. The number of ether oxygens (including phenoxy) is 1. The Morgan fingerprint density at radius 3 is 2.59 bits per heavy atom. The van der Waals surface area contributed by atoms with Crippen molar-refractivity contribution in [1.29, 1.82) is 0 Å². The van der Waals surface area contributed by atoms with Gasteiger partial charge >= 0.3 is 0 Å². The second-order valence-corrected chi connectivity index (χ2v) is 9.33. The van der Waals surface area contributed by atoms with Gasteiger partial charge in [-0.15, -0.1) is 24.0 Å². The second-order valence-electron chi connectivity index (χ2n) is 7.10.